The van der Waals surface area contributed by atoms with Crippen molar-refractivity contribution in [1.29, 1.82) is 0 Å². The second-order valence-electron chi connectivity index (χ2n) is 8.88. The molecule has 0 spiro atoms. The number of ether oxygens (including phenoxy) is 1. The topological polar surface area (TPSA) is 79.7 Å². The Bertz CT molecular complexity index is 1250. The van der Waals surface area contributed by atoms with E-state index in [1.807, 2.05) is 44.2 Å². The first-order chi connectivity index (χ1) is 16.9. The lowest BCUT2D eigenvalue weighted by atomic mass is 9.94. The van der Waals surface area contributed by atoms with E-state index in [9.17, 15) is 14.7 Å². The van der Waals surface area contributed by atoms with Crippen molar-refractivity contribution in [3.05, 3.63) is 100 Å². The molecule has 0 bridgehead atoms. The standard InChI is InChI=1S/C29H30N2O4/c1-4-5-15-35-24-13-12-23(16-20(24)3)27(32)25-26(22-10-8-19(2)9-11-22)31(29(34)28(25)33)18-21-7-6-14-30-17-21/h6-14,16-17,26,32H,4-5,15,18H2,1-3H3. The number of amides is 1. The molecular formula is C29H30N2O4. The normalized spacial score (nSPS) is 17.1. The molecule has 6 nitrogen and oxygen atoms in total. The van der Waals surface area contributed by atoms with Crippen molar-refractivity contribution in [3.8, 4) is 5.75 Å². The van der Waals surface area contributed by atoms with Crippen molar-refractivity contribution in [3.63, 3.8) is 0 Å². The third-order valence-electron chi connectivity index (χ3n) is 6.21. The van der Waals surface area contributed by atoms with E-state index in [2.05, 4.69) is 11.9 Å². The second kappa shape index (κ2) is 10.6. The number of carbonyl (C=O) groups excluding carboxylic acids is 2. The Morgan fingerprint density at radius 2 is 1.86 bits per heavy atom. The summed E-state index contributed by atoms with van der Waals surface area (Å²) in [6, 6.07) is 15.9. The molecule has 1 aliphatic rings. The van der Waals surface area contributed by atoms with Crippen molar-refractivity contribution < 1.29 is 19.4 Å². The second-order valence-corrected chi connectivity index (χ2v) is 8.88. The molecule has 1 aliphatic heterocycles. The molecule has 1 fully saturated rings. The van der Waals surface area contributed by atoms with E-state index in [0.717, 1.165) is 40.8 Å². The Labute approximate surface area is 205 Å². The maximum Gasteiger partial charge on any atom is 0.295 e. The molecule has 35 heavy (non-hydrogen) atoms. The number of aliphatic hydroxyl groups excluding tert-OH is 1. The van der Waals surface area contributed by atoms with Crippen LogP contribution in [0, 0.1) is 13.8 Å². The Balaban J connectivity index is 1.77. The van der Waals surface area contributed by atoms with Crippen LogP contribution < -0.4 is 4.74 Å². The summed E-state index contributed by atoms with van der Waals surface area (Å²) in [6.07, 6.45) is 5.33. The lowest BCUT2D eigenvalue weighted by molar-refractivity contribution is -0.140. The van der Waals surface area contributed by atoms with E-state index in [1.54, 1.807) is 36.7 Å². The van der Waals surface area contributed by atoms with Crippen LogP contribution >= 0.6 is 0 Å². The van der Waals surface area contributed by atoms with Crippen LogP contribution in [0.5, 0.6) is 5.75 Å². The number of nitrogens with zero attached hydrogens (tertiary/aromatic N) is 2. The minimum atomic E-state index is -0.711. The molecule has 4 rings (SSSR count). The van der Waals surface area contributed by atoms with Gasteiger partial charge in [-0.1, -0.05) is 49.2 Å². The SMILES string of the molecule is CCCCOc1ccc(C(O)=C2C(=O)C(=O)N(Cc3cccnc3)C2c2ccc(C)cc2)cc1C. The van der Waals surface area contributed by atoms with Gasteiger partial charge in [-0.25, -0.2) is 0 Å². The third-order valence-corrected chi connectivity index (χ3v) is 6.21. The molecule has 1 unspecified atom stereocenters. The van der Waals surface area contributed by atoms with Crippen LogP contribution in [0.15, 0.2) is 72.6 Å². The summed E-state index contributed by atoms with van der Waals surface area (Å²) in [5, 5.41) is 11.3. The summed E-state index contributed by atoms with van der Waals surface area (Å²) in [4.78, 5) is 32.0. The fourth-order valence-electron chi connectivity index (χ4n) is 4.27. The minimum absolute atomic E-state index is 0.0850. The fourth-order valence-corrected chi connectivity index (χ4v) is 4.27. The number of aromatic nitrogens is 1. The molecule has 3 aromatic rings. The van der Waals surface area contributed by atoms with Crippen molar-refractivity contribution in [1.82, 2.24) is 9.88 Å². The maximum atomic E-state index is 13.2. The van der Waals surface area contributed by atoms with E-state index >= 15 is 0 Å². The molecule has 0 radical (unpaired) electrons. The molecule has 1 amide bonds. The largest absolute Gasteiger partial charge is 0.507 e. The Kier molecular flexibility index (Phi) is 7.30. The number of benzene rings is 2. The fraction of sp³-hybridized carbons (Fsp3) is 0.276. The Morgan fingerprint density at radius 1 is 1.09 bits per heavy atom. The quantitative estimate of drug-likeness (QED) is 0.204. The average molecular weight is 471 g/mol. The number of rotatable bonds is 8. The summed E-state index contributed by atoms with van der Waals surface area (Å²) >= 11 is 0. The molecule has 1 saturated heterocycles. The van der Waals surface area contributed by atoms with Crippen LogP contribution in [0.3, 0.4) is 0 Å². The zero-order chi connectivity index (χ0) is 24.9. The number of ketones is 1. The van der Waals surface area contributed by atoms with Gasteiger partial charge in [0.2, 0.25) is 0 Å². The number of Topliss-reactive ketones (excluding diaryl/α,β-unsaturated/α-hetero) is 1. The van der Waals surface area contributed by atoms with Gasteiger partial charge in [-0.3, -0.25) is 14.6 Å². The molecular weight excluding hydrogens is 440 g/mol. The molecule has 180 valence electrons. The highest BCUT2D eigenvalue weighted by atomic mass is 16.5. The first-order valence-electron chi connectivity index (χ1n) is 11.9. The van der Waals surface area contributed by atoms with E-state index < -0.39 is 17.7 Å². The minimum Gasteiger partial charge on any atom is -0.507 e. The van der Waals surface area contributed by atoms with E-state index in [0.29, 0.717) is 12.2 Å². The molecule has 1 atom stereocenters. The number of carbonyl (C=O) groups is 2. The zero-order valence-electron chi connectivity index (χ0n) is 20.3. The van der Waals surface area contributed by atoms with Gasteiger partial charge in [-0.05, 0) is 61.2 Å². The summed E-state index contributed by atoms with van der Waals surface area (Å²) in [6.45, 7) is 6.80. The van der Waals surface area contributed by atoms with Gasteiger partial charge in [0, 0.05) is 24.5 Å². The van der Waals surface area contributed by atoms with Crippen LogP contribution in [0.25, 0.3) is 5.76 Å². The van der Waals surface area contributed by atoms with Crippen LogP contribution in [0.4, 0.5) is 0 Å². The highest BCUT2D eigenvalue weighted by molar-refractivity contribution is 6.46. The monoisotopic (exact) mass is 470 g/mol. The van der Waals surface area contributed by atoms with E-state index in [-0.39, 0.29) is 17.9 Å². The van der Waals surface area contributed by atoms with Crippen molar-refractivity contribution in [2.75, 3.05) is 6.61 Å². The summed E-state index contributed by atoms with van der Waals surface area (Å²) in [7, 11) is 0. The smallest absolute Gasteiger partial charge is 0.295 e. The molecule has 0 aliphatic carbocycles. The van der Waals surface area contributed by atoms with Gasteiger partial charge in [0.05, 0.1) is 18.2 Å². The van der Waals surface area contributed by atoms with Gasteiger partial charge in [0.25, 0.3) is 11.7 Å². The summed E-state index contributed by atoms with van der Waals surface area (Å²) in [5.74, 6) is -0.789. The van der Waals surface area contributed by atoms with Gasteiger partial charge in [-0.15, -0.1) is 0 Å². The molecule has 6 heteroatoms. The number of aliphatic hydroxyl groups is 1. The number of hydrogen-bond donors (Lipinski definition) is 1. The average Bonchev–Trinajstić information content (AvgIpc) is 3.10. The van der Waals surface area contributed by atoms with Crippen LogP contribution in [0.2, 0.25) is 0 Å². The lowest BCUT2D eigenvalue weighted by Gasteiger charge is -2.25. The Hall–Kier alpha value is -3.93. The van der Waals surface area contributed by atoms with Gasteiger partial charge < -0.3 is 14.7 Å². The third kappa shape index (κ3) is 5.11. The van der Waals surface area contributed by atoms with E-state index in [4.69, 9.17) is 4.74 Å². The van der Waals surface area contributed by atoms with Gasteiger partial charge >= 0.3 is 0 Å². The van der Waals surface area contributed by atoms with Crippen molar-refractivity contribution in [2.45, 2.75) is 46.2 Å². The number of aryl methyl sites for hydroxylation is 2. The zero-order valence-corrected chi connectivity index (χ0v) is 20.3. The number of unbranched alkanes of at least 4 members (excludes halogenated alkanes) is 1. The summed E-state index contributed by atoms with van der Waals surface area (Å²) < 4.78 is 5.83. The molecule has 1 N–H and O–H groups in total. The molecule has 2 heterocycles. The number of likely N-dealkylation sites (tertiary alicyclic amines) is 1. The highest BCUT2D eigenvalue weighted by Crippen LogP contribution is 2.40. The predicted molar refractivity (Wildman–Crippen MR) is 135 cm³/mol. The first kappa shape index (κ1) is 24.2. The van der Waals surface area contributed by atoms with Crippen LogP contribution in [0.1, 0.15) is 53.6 Å². The lowest BCUT2D eigenvalue weighted by Crippen LogP contribution is -2.29. The van der Waals surface area contributed by atoms with E-state index in [1.165, 1.54) is 4.90 Å². The van der Waals surface area contributed by atoms with Crippen LogP contribution in [-0.4, -0.2) is 33.3 Å². The van der Waals surface area contributed by atoms with Crippen molar-refractivity contribution in [2.24, 2.45) is 0 Å². The Morgan fingerprint density at radius 3 is 2.51 bits per heavy atom. The molecule has 1 aromatic heterocycles. The first-order valence-corrected chi connectivity index (χ1v) is 11.9. The van der Waals surface area contributed by atoms with Crippen molar-refractivity contribution >= 4 is 17.4 Å². The number of hydrogen-bond acceptors (Lipinski definition) is 5. The van der Waals surface area contributed by atoms with Gasteiger partial charge in [-0.2, -0.15) is 0 Å². The molecule has 0 saturated carbocycles. The predicted octanol–water partition coefficient (Wildman–Crippen LogP) is 5.50. The van der Waals surface area contributed by atoms with Crippen LogP contribution in [-0.2, 0) is 16.1 Å². The maximum absolute atomic E-state index is 13.2. The highest BCUT2D eigenvalue weighted by Gasteiger charge is 2.46. The number of pyridine rings is 1. The molecule has 2 aromatic carbocycles. The van der Waals surface area contributed by atoms with Gasteiger partial charge in [0.1, 0.15) is 11.5 Å². The van der Waals surface area contributed by atoms with Gasteiger partial charge in [0.15, 0.2) is 0 Å². The summed E-state index contributed by atoms with van der Waals surface area (Å²) in [5.41, 5.74) is 4.03.